The van der Waals surface area contributed by atoms with Gasteiger partial charge in [0.25, 0.3) is 0 Å². The van der Waals surface area contributed by atoms with Crippen molar-refractivity contribution in [1.29, 1.82) is 0 Å². The molecule has 0 spiro atoms. The lowest BCUT2D eigenvalue weighted by atomic mass is 10.2. The number of nitrogens with zero attached hydrogens (tertiary/aromatic N) is 7. The minimum absolute atomic E-state index is 0.242. The second-order valence-corrected chi connectivity index (χ2v) is 7.93. The fraction of sp³-hybridized carbons (Fsp3) is 0.190. The molecule has 170 valence electrons. The fourth-order valence-electron chi connectivity index (χ4n) is 3.62. The molecule has 1 aliphatic rings. The molecule has 13 nitrogen and oxygen atoms in total. The van der Waals surface area contributed by atoms with Gasteiger partial charge in [-0.1, -0.05) is 22.7 Å². The number of rotatable bonds is 6. The maximum Gasteiger partial charge on any atom is 0.421 e. The van der Waals surface area contributed by atoms with Crippen LogP contribution in [0.5, 0.6) is 5.88 Å². The number of nitrogens with one attached hydrogen (secondary N) is 4. The molecule has 5 aromatic rings. The van der Waals surface area contributed by atoms with Gasteiger partial charge in [-0.25, -0.2) is 14.5 Å². The van der Waals surface area contributed by atoms with Gasteiger partial charge in [0, 0.05) is 6.54 Å². The molecule has 0 unspecified atom stereocenters. The molecular formula is C21H20N11O2+. The molecule has 1 aliphatic carbocycles. The number of H-pyrrole nitrogens is 2. The number of aromatic nitrogens is 9. The van der Waals surface area contributed by atoms with E-state index in [0.717, 1.165) is 24.1 Å². The van der Waals surface area contributed by atoms with Crippen LogP contribution in [-0.4, -0.2) is 55.5 Å². The highest BCUT2D eigenvalue weighted by Gasteiger charge is 2.24. The number of aromatic amines is 2. The zero-order valence-electron chi connectivity index (χ0n) is 17.8. The highest BCUT2D eigenvalue weighted by atomic mass is 16.3. The summed E-state index contributed by atoms with van der Waals surface area (Å²) in [6.07, 6.45) is 8.48. The lowest BCUT2D eigenvalue weighted by Crippen LogP contribution is -2.80. The predicted molar refractivity (Wildman–Crippen MR) is 118 cm³/mol. The molecule has 6 rings (SSSR count). The smallest absolute Gasteiger partial charge is 0.421 e. The van der Waals surface area contributed by atoms with Crippen molar-refractivity contribution in [2.75, 3.05) is 5.32 Å². The van der Waals surface area contributed by atoms with E-state index >= 15 is 0 Å². The first kappa shape index (κ1) is 19.8. The van der Waals surface area contributed by atoms with Gasteiger partial charge in [0.2, 0.25) is 11.5 Å². The molecule has 0 radical (unpaired) electrons. The molecule has 0 atom stereocenters. The first-order chi connectivity index (χ1) is 16.6. The second kappa shape index (κ2) is 7.95. The Morgan fingerprint density at radius 2 is 2.09 bits per heavy atom. The number of aromatic hydroxyl groups is 1. The number of imidazole rings is 1. The molecule has 0 bridgehead atoms. The van der Waals surface area contributed by atoms with Crippen LogP contribution in [0.25, 0.3) is 17.4 Å². The summed E-state index contributed by atoms with van der Waals surface area (Å²) in [6.45, 7) is 0.453. The molecule has 4 heterocycles. The second-order valence-electron chi connectivity index (χ2n) is 7.93. The van der Waals surface area contributed by atoms with E-state index in [2.05, 4.69) is 45.4 Å². The van der Waals surface area contributed by atoms with Gasteiger partial charge in [0.15, 0.2) is 0 Å². The van der Waals surface area contributed by atoms with Crippen LogP contribution in [0.1, 0.15) is 24.1 Å². The molecule has 5 N–H and O–H groups in total. The van der Waals surface area contributed by atoms with Crippen molar-refractivity contribution in [3.05, 3.63) is 75.7 Å². The third-order valence-corrected chi connectivity index (χ3v) is 5.44. The molecule has 0 aliphatic heterocycles. The van der Waals surface area contributed by atoms with Crippen LogP contribution in [0, 0.1) is 0 Å². The molecule has 0 saturated heterocycles. The van der Waals surface area contributed by atoms with E-state index in [1.165, 1.54) is 6.33 Å². The third-order valence-electron chi connectivity index (χ3n) is 5.44. The van der Waals surface area contributed by atoms with Crippen LogP contribution in [0.2, 0.25) is 0 Å². The first-order valence-corrected chi connectivity index (χ1v) is 10.7. The molecule has 13 heteroatoms. The summed E-state index contributed by atoms with van der Waals surface area (Å²) in [5.41, 5.74) is 2.71. The summed E-state index contributed by atoms with van der Waals surface area (Å²) < 4.78 is 3.32. The monoisotopic (exact) mass is 458 g/mol. The molecule has 4 aromatic heterocycles. The Kier molecular flexibility index (Phi) is 4.64. The Labute approximate surface area is 190 Å². The van der Waals surface area contributed by atoms with Crippen molar-refractivity contribution in [2.24, 2.45) is 0 Å². The number of hydrogen-bond donors (Lipinski definition) is 5. The highest BCUT2D eigenvalue weighted by Crippen LogP contribution is 2.14. The van der Waals surface area contributed by atoms with E-state index in [0.29, 0.717) is 35.0 Å². The first-order valence-electron chi connectivity index (χ1n) is 10.7. The summed E-state index contributed by atoms with van der Waals surface area (Å²) >= 11 is 0. The Morgan fingerprint density at radius 3 is 2.85 bits per heavy atom. The van der Waals surface area contributed by atoms with Crippen LogP contribution >= 0.6 is 0 Å². The Bertz CT molecular complexity index is 1660. The van der Waals surface area contributed by atoms with Crippen molar-refractivity contribution in [2.45, 2.75) is 25.4 Å². The van der Waals surface area contributed by atoms with E-state index in [-0.39, 0.29) is 11.6 Å². The molecule has 1 saturated carbocycles. The fourth-order valence-corrected chi connectivity index (χ4v) is 3.62. The van der Waals surface area contributed by atoms with Crippen molar-refractivity contribution in [3.8, 4) is 11.6 Å². The Morgan fingerprint density at radius 1 is 1.21 bits per heavy atom. The Balaban J connectivity index is 1.41. The molecular weight excluding hydrogens is 438 g/mol. The van der Waals surface area contributed by atoms with E-state index in [1.807, 2.05) is 24.3 Å². The van der Waals surface area contributed by atoms with E-state index in [9.17, 15) is 9.90 Å². The van der Waals surface area contributed by atoms with Crippen LogP contribution in [0.15, 0.2) is 47.9 Å². The minimum atomic E-state index is -0.501. The van der Waals surface area contributed by atoms with Crippen LogP contribution in [0.4, 0.5) is 5.95 Å². The highest BCUT2D eigenvalue weighted by molar-refractivity contribution is 5.57. The zero-order valence-corrected chi connectivity index (χ0v) is 17.8. The van der Waals surface area contributed by atoms with Crippen molar-refractivity contribution in [3.63, 3.8) is 0 Å². The summed E-state index contributed by atoms with van der Waals surface area (Å²) in [5, 5.41) is 22.5. The van der Waals surface area contributed by atoms with Gasteiger partial charge in [0.1, 0.15) is 18.3 Å². The van der Waals surface area contributed by atoms with Gasteiger partial charge in [0.05, 0.1) is 23.1 Å². The van der Waals surface area contributed by atoms with Crippen molar-refractivity contribution < 1.29 is 10.1 Å². The SMILES string of the molecule is O=c1[nH]c(O)c(C=c2cnn3c(=[NH+]C4CC4)nc(NCc4ccccc4-n4cncn4)nc23)[nH]1. The number of para-hydroxylation sites is 1. The van der Waals surface area contributed by atoms with E-state index in [4.69, 9.17) is 0 Å². The van der Waals surface area contributed by atoms with Crippen molar-refractivity contribution in [1.82, 2.24) is 44.3 Å². The molecule has 34 heavy (non-hydrogen) atoms. The van der Waals surface area contributed by atoms with E-state index in [1.54, 1.807) is 27.8 Å². The molecule has 1 aromatic carbocycles. The number of benzene rings is 1. The maximum atomic E-state index is 11.5. The van der Waals surface area contributed by atoms with Crippen LogP contribution < -0.4 is 26.8 Å². The summed E-state index contributed by atoms with van der Waals surface area (Å²) in [6, 6.07) is 8.20. The Hall–Kier alpha value is -4.81. The largest absolute Gasteiger partial charge is 0.493 e. The number of anilines is 1. The van der Waals surface area contributed by atoms with Gasteiger partial charge >= 0.3 is 17.3 Å². The number of fused-ring (bicyclic) bond motifs is 1. The van der Waals surface area contributed by atoms with Crippen molar-refractivity contribution >= 4 is 17.7 Å². The lowest BCUT2D eigenvalue weighted by Gasteiger charge is -2.09. The van der Waals surface area contributed by atoms with Gasteiger partial charge in [-0.05, 0) is 35.5 Å². The van der Waals surface area contributed by atoms with Gasteiger partial charge in [-0.15, -0.1) is 5.10 Å². The normalized spacial score (nSPS) is 14.8. The van der Waals surface area contributed by atoms with E-state index < -0.39 is 5.69 Å². The minimum Gasteiger partial charge on any atom is -0.493 e. The standard InChI is InChI=1S/C21H19N11O2/c33-18-15(27-21(34)29-18)7-13-9-24-32-17(13)28-19(30-20(32)26-14-5-6-14)23-8-12-3-1-2-4-16(12)31-11-22-10-25-31/h1-4,7,9-11,14,33H,5-6,8H2,(H,23,26,30)(H2,27,29,34)/p+1. The summed E-state index contributed by atoms with van der Waals surface area (Å²) in [7, 11) is 0. The van der Waals surface area contributed by atoms with Gasteiger partial charge in [-0.3, -0.25) is 9.98 Å². The van der Waals surface area contributed by atoms with Crippen LogP contribution in [0.3, 0.4) is 0 Å². The quantitative estimate of drug-likeness (QED) is 0.190. The number of hydrogen-bond acceptors (Lipinski definition) is 8. The zero-order chi connectivity index (χ0) is 23.1. The molecule has 0 amide bonds. The van der Waals surface area contributed by atoms with Gasteiger partial charge in [-0.2, -0.15) is 10.1 Å². The topological polar surface area (TPSA) is 169 Å². The average Bonchev–Trinajstić information content (AvgIpc) is 3.20. The van der Waals surface area contributed by atoms with Crippen LogP contribution in [-0.2, 0) is 6.54 Å². The molecule has 1 fully saturated rings. The van der Waals surface area contributed by atoms with Gasteiger partial charge < -0.3 is 15.4 Å². The summed E-state index contributed by atoms with van der Waals surface area (Å²) in [5.74, 6) is 0.156. The average molecular weight is 458 g/mol. The lowest BCUT2D eigenvalue weighted by molar-refractivity contribution is -0.523. The third kappa shape index (κ3) is 3.79. The predicted octanol–water partition coefficient (Wildman–Crippen LogP) is -2.27. The maximum absolute atomic E-state index is 11.5. The summed E-state index contributed by atoms with van der Waals surface area (Å²) in [4.78, 5) is 33.0.